The van der Waals surface area contributed by atoms with Crippen molar-refractivity contribution in [2.45, 2.75) is 13.0 Å². The van der Waals surface area contributed by atoms with E-state index in [0.717, 1.165) is 12.1 Å². The fourth-order valence-electron chi connectivity index (χ4n) is 1.92. The van der Waals surface area contributed by atoms with Crippen LogP contribution in [0.2, 0.25) is 5.02 Å². The van der Waals surface area contributed by atoms with Gasteiger partial charge in [-0.1, -0.05) is 11.6 Å². The van der Waals surface area contributed by atoms with Crippen molar-refractivity contribution in [3.05, 3.63) is 62.9 Å². The summed E-state index contributed by atoms with van der Waals surface area (Å²) in [6, 6.07) is 7.28. The average Bonchev–Trinajstić information content (AvgIpc) is 2.57. The van der Waals surface area contributed by atoms with Gasteiger partial charge in [-0.25, -0.2) is 4.39 Å². The van der Waals surface area contributed by atoms with Gasteiger partial charge in [0.25, 0.3) is 5.91 Å². The molecule has 0 spiro atoms. The van der Waals surface area contributed by atoms with Crippen molar-refractivity contribution in [1.29, 1.82) is 0 Å². The minimum atomic E-state index is -1.16. The number of nitrogens with one attached hydrogen (secondary N) is 1. The predicted octanol–water partition coefficient (Wildman–Crippen LogP) is 3.61. The Morgan fingerprint density at radius 2 is 2.08 bits per heavy atom. The van der Waals surface area contributed by atoms with Crippen molar-refractivity contribution in [3.8, 4) is 5.75 Å². The number of rotatable bonds is 6. The zero-order valence-electron chi connectivity index (χ0n) is 12.9. The molecule has 0 aliphatic heterocycles. The molecule has 0 saturated carbocycles. The van der Waals surface area contributed by atoms with Gasteiger partial charge < -0.3 is 10.1 Å². The van der Waals surface area contributed by atoms with E-state index >= 15 is 0 Å². The van der Waals surface area contributed by atoms with E-state index in [1.54, 1.807) is 0 Å². The number of nitrogens with zero attached hydrogens (tertiary/aromatic N) is 1. The number of halogens is 2. The van der Waals surface area contributed by atoms with Crippen LogP contribution in [0, 0.1) is 15.9 Å². The second-order valence-corrected chi connectivity index (χ2v) is 5.41. The van der Waals surface area contributed by atoms with E-state index in [1.165, 1.54) is 31.2 Å². The first-order valence-corrected chi connectivity index (χ1v) is 7.36. The normalized spacial score (nSPS) is 11.5. The van der Waals surface area contributed by atoms with E-state index in [2.05, 4.69) is 5.32 Å². The van der Waals surface area contributed by atoms with Crippen molar-refractivity contribution < 1.29 is 23.6 Å². The molecule has 0 bridgehead atoms. The first-order chi connectivity index (χ1) is 11.8. The fourth-order valence-corrected chi connectivity index (χ4v) is 2.08. The molecule has 0 radical (unpaired) electrons. The topological polar surface area (TPSA) is 98.5 Å². The number of nitro benzene ring substituents is 1. The molecule has 1 N–H and O–H groups in total. The number of ether oxygens (including phenoxy) is 1. The lowest BCUT2D eigenvalue weighted by Crippen LogP contribution is -2.30. The first-order valence-electron chi connectivity index (χ1n) is 6.98. The lowest BCUT2D eigenvalue weighted by Gasteiger charge is -2.15. The number of amides is 1. The lowest BCUT2D eigenvalue weighted by atomic mass is 10.2. The number of hydrogen-bond acceptors (Lipinski definition) is 5. The van der Waals surface area contributed by atoms with Gasteiger partial charge in [0, 0.05) is 16.7 Å². The molecule has 2 aromatic carbocycles. The molecule has 0 fully saturated rings. The number of nitro groups is 1. The smallest absolute Gasteiger partial charge is 0.311 e. The Morgan fingerprint density at radius 1 is 1.36 bits per heavy atom. The average molecular weight is 367 g/mol. The number of carbonyl (C=O) groups is 2. The Bertz CT molecular complexity index is 843. The predicted molar refractivity (Wildman–Crippen MR) is 88.6 cm³/mol. The summed E-state index contributed by atoms with van der Waals surface area (Å²) in [5.74, 6) is -1.63. The summed E-state index contributed by atoms with van der Waals surface area (Å²) in [4.78, 5) is 33.1. The standard InChI is InChI=1S/C16H12ClFN2O5/c1-9(16(22)19-13-4-3-11(17)7-12(13)18)25-15-5-2-10(8-21)6-14(15)20(23)24/h2-9H,1H3,(H,19,22)/t9-/m1/s1. The molecule has 0 aromatic heterocycles. The third kappa shape index (κ3) is 4.51. The molecule has 25 heavy (non-hydrogen) atoms. The van der Waals surface area contributed by atoms with Crippen molar-refractivity contribution in [1.82, 2.24) is 0 Å². The van der Waals surface area contributed by atoms with Crippen LogP contribution >= 0.6 is 11.6 Å². The minimum absolute atomic E-state index is 0.0967. The molecule has 1 amide bonds. The summed E-state index contributed by atoms with van der Waals surface area (Å²) in [6.07, 6.45) is -0.702. The van der Waals surface area contributed by atoms with Gasteiger partial charge in [-0.05, 0) is 37.3 Å². The summed E-state index contributed by atoms with van der Waals surface area (Å²) in [5, 5.41) is 13.5. The third-order valence-electron chi connectivity index (χ3n) is 3.18. The SMILES string of the molecule is C[C@@H](Oc1ccc(C=O)cc1[N+](=O)[O-])C(=O)Nc1ccc(Cl)cc1F. The van der Waals surface area contributed by atoms with E-state index in [0.29, 0.717) is 6.29 Å². The van der Waals surface area contributed by atoms with E-state index < -0.39 is 28.4 Å². The van der Waals surface area contributed by atoms with Crippen LogP contribution in [0.4, 0.5) is 15.8 Å². The maximum atomic E-state index is 13.7. The molecular formula is C16H12ClFN2O5. The van der Waals surface area contributed by atoms with E-state index in [4.69, 9.17) is 16.3 Å². The molecule has 7 nitrogen and oxygen atoms in total. The highest BCUT2D eigenvalue weighted by Gasteiger charge is 2.22. The zero-order valence-corrected chi connectivity index (χ0v) is 13.6. The van der Waals surface area contributed by atoms with Crippen molar-refractivity contribution >= 4 is 35.2 Å². The van der Waals surface area contributed by atoms with Gasteiger partial charge >= 0.3 is 5.69 Å². The Hall–Kier alpha value is -3.00. The van der Waals surface area contributed by atoms with Gasteiger partial charge in [0.1, 0.15) is 12.1 Å². The van der Waals surface area contributed by atoms with Crippen LogP contribution in [0.25, 0.3) is 0 Å². The molecule has 2 aromatic rings. The number of aldehydes is 1. The van der Waals surface area contributed by atoms with Crippen LogP contribution < -0.4 is 10.1 Å². The maximum Gasteiger partial charge on any atom is 0.311 e. The molecule has 1 atom stereocenters. The van der Waals surface area contributed by atoms with Crippen molar-refractivity contribution in [2.75, 3.05) is 5.32 Å². The molecule has 0 unspecified atom stereocenters. The molecule has 2 rings (SSSR count). The fraction of sp³-hybridized carbons (Fsp3) is 0.125. The molecule has 0 aliphatic rings. The Morgan fingerprint density at radius 3 is 2.68 bits per heavy atom. The van der Waals surface area contributed by atoms with E-state index in [1.807, 2.05) is 0 Å². The first kappa shape index (κ1) is 18.3. The van der Waals surface area contributed by atoms with E-state index in [-0.39, 0.29) is 22.0 Å². The summed E-state index contributed by atoms with van der Waals surface area (Å²) >= 11 is 5.63. The molecule has 0 aliphatic carbocycles. The Kier molecular flexibility index (Phi) is 5.66. The Balaban J connectivity index is 2.16. The highest BCUT2D eigenvalue weighted by atomic mass is 35.5. The zero-order chi connectivity index (χ0) is 18.6. The monoisotopic (exact) mass is 366 g/mol. The summed E-state index contributed by atoms with van der Waals surface area (Å²) in [5.41, 5.74) is -0.461. The highest BCUT2D eigenvalue weighted by molar-refractivity contribution is 6.30. The number of carbonyl (C=O) groups excluding carboxylic acids is 2. The second kappa shape index (κ2) is 7.71. The quantitative estimate of drug-likeness (QED) is 0.478. The highest BCUT2D eigenvalue weighted by Crippen LogP contribution is 2.28. The second-order valence-electron chi connectivity index (χ2n) is 4.98. The maximum absolute atomic E-state index is 13.7. The van der Waals surface area contributed by atoms with Gasteiger partial charge in [-0.3, -0.25) is 19.7 Å². The third-order valence-corrected chi connectivity index (χ3v) is 3.41. The lowest BCUT2D eigenvalue weighted by molar-refractivity contribution is -0.386. The van der Waals surface area contributed by atoms with Gasteiger partial charge in [0.05, 0.1) is 10.6 Å². The van der Waals surface area contributed by atoms with Gasteiger partial charge in [-0.15, -0.1) is 0 Å². The molecule has 0 saturated heterocycles. The van der Waals surface area contributed by atoms with Crippen molar-refractivity contribution in [3.63, 3.8) is 0 Å². The summed E-state index contributed by atoms with van der Waals surface area (Å²) in [7, 11) is 0. The van der Waals surface area contributed by atoms with Gasteiger partial charge in [0.2, 0.25) is 0 Å². The van der Waals surface area contributed by atoms with Crippen LogP contribution in [0.15, 0.2) is 36.4 Å². The van der Waals surface area contributed by atoms with Crippen LogP contribution in [0.1, 0.15) is 17.3 Å². The largest absolute Gasteiger partial charge is 0.474 e. The van der Waals surface area contributed by atoms with Crippen molar-refractivity contribution in [2.24, 2.45) is 0 Å². The van der Waals surface area contributed by atoms with E-state index in [9.17, 15) is 24.1 Å². The summed E-state index contributed by atoms with van der Waals surface area (Å²) < 4.78 is 19.0. The number of anilines is 1. The summed E-state index contributed by atoms with van der Waals surface area (Å²) in [6.45, 7) is 1.35. The minimum Gasteiger partial charge on any atom is -0.474 e. The van der Waals surface area contributed by atoms with Gasteiger partial charge in [-0.2, -0.15) is 0 Å². The Labute approximate surface area is 146 Å². The van der Waals surface area contributed by atoms with Gasteiger partial charge in [0.15, 0.2) is 11.9 Å². The van der Waals surface area contributed by atoms with Crippen LogP contribution in [0.3, 0.4) is 0 Å². The molecule has 0 heterocycles. The molecule has 130 valence electrons. The van der Waals surface area contributed by atoms with Crippen LogP contribution in [-0.4, -0.2) is 23.2 Å². The molecule has 9 heteroatoms. The van der Waals surface area contributed by atoms with Crippen LogP contribution in [-0.2, 0) is 4.79 Å². The number of benzene rings is 2. The van der Waals surface area contributed by atoms with Crippen LogP contribution in [0.5, 0.6) is 5.75 Å². The number of hydrogen-bond donors (Lipinski definition) is 1. The molecular weight excluding hydrogens is 355 g/mol.